The molecule has 1 amide bonds. The number of nitrogens with zero attached hydrogens (tertiary/aromatic N) is 2. The van der Waals surface area contributed by atoms with Crippen LogP contribution >= 0.6 is 11.8 Å². The SMILES string of the molecule is Cn1ccnc1C(=O)c1ccc(NC(=O)CSc2ccc(F)cc2F)cc1. The van der Waals surface area contributed by atoms with Gasteiger partial charge in [0.2, 0.25) is 11.7 Å². The third-order valence-electron chi connectivity index (χ3n) is 3.71. The molecule has 1 N–H and O–H groups in total. The Labute approximate surface area is 158 Å². The summed E-state index contributed by atoms with van der Waals surface area (Å²) in [5, 5.41) is 2.67. The molecule has 27 heavy (non-hydrogen) atoms. The van der Waals surface area contributed by atoms with Gasteiger partial charge in [-0.25, -0.2) is 13.8 Å². The highest BCUT2D eigenvalue weighted by molar-refractivity contribution is 8.00. The molecule has 5 nitrogen and oxygen atoms in total. The zero-order chi connectivity index (χ0) is 19.4. The lowest BCUT2D eigenvalue weighted by molar-refractivity contribution is -0.113. The maximum absolute atomic E-state index is 13.6. The number of halogens is 2. The molecule has 3 rings (SSSR count). The number of aryl methyl sites for hydroxylation is 1. The molecule has 0 saturated carbocycles. The summed E-state index contributed by atoms with van der Waals surface area (Å²) in [6.45, 7) is 0. The number of ketones is 1. The number of thioether (sulfide) groups is 1. The van der Waals surface area contributed by atoms with Crippen LogP contribution in [0.15, 0.2) is 59.8 Å². The van der Waals surface area contributed by atoms with Gasteiger partial charge >= 0.3 is 0 Å². The quantitative estimate of drug-likeness (QED) is 0.518. The molecule has 0 bridgehead atoms. The Hall–Kier alpha value is -3.00. The maximum Gasteiger partial charge on any atom is 0.234 e. The molecule has 0 saturated heterocycles. The normalized spacial score (nSPS) is 10.6. The van der Waals surface area contributed by atoms with Gasteiger partial charge in [0.05, 0.1) is 5.75 Å². The smallest absolute Gasteiger partial charge is 0.234 e. The van der Waals surface area contributed by atoms with Crippen molar-refractivity contribution in [2.75, 3.05) is 11.1 Å². The molecule has 0 unspecified atom stereocenters. The summed E-state index contributed by atoms with van der Waals surface area (Å²) in [4.78, 5) is 28.6. The summed E-state index contributed by atoms with van der Waals surface area (Å²) in [7, 11) is 1.73. The zero-order valence-electron chi connectivity index (χ0n) is 14.3. The van der Waals surface area contributed by atoms with Gasteiger partial charge in [-0.1, -0.05) is 0 Å². The van der Waals surface area contributed by atoms with Gasteiger partial charge < -0.3 is 9.88 Å². The van der Waals surface area contributed by atoms with Gasteiger partial charge in [-0.2, -0.15) is 0 Å². The summed E-state index contributed by atoms with van der Waals surface area (Å²) in [6.07, 6.45) is 3.23. The molecule has 1 aromatic heterocycles. The van der Waals surface area contributed by atoms with Gasteiger partial charge in [-0.05, 0) is 36.4 Å². The number of benzene rings is 2. The van der Waals surface area contributed by atoms with E-state index in [1.807, 2.05) is 0 Å². The third-order valence-corrected chi connectivity index (χ3v) is 4.76. The second-order valence-corrected chi connectivity index (χ2v) is 6.70. The van der Waals surface area contributed by atoms with Crippen LogP contribution in [0, 0.1) is 11.6 Å². The molecule has 0 aliphatic heterocycles. The average molecular weight is 387 g/mol. The van der Waals surface area contributed by atoms with E-state index in [2.05, 4.69) is 10.3 Å². The van der Waals surface area contributed by atoms with Crippen molar-refractivity contribution < 1.29 is 18.4 Å². The van der Waals surface area contributed by atoms with E-state index in [1.54, 1.807) is 48.3 Å². The predicted octanol–water partition coefficient (Wildman–Crippen LogP) is 3.66. The number of imidazole rings is 1. The van der Waals surface area contributed by atoms with Crippen LogP contribution < -0.4 is 5.32 Å². The molecule has 0 spiro atoms. The molecular formula is C19H15F2N3O2S. The number of carbonyl (C=O) groups is 2. The number of aromatic nitrogens is 2. The maximum atomic E-state index is 13.6. The minimum absolute atomic E-state index is 0.0312. The van der Waals surface area contributed by atoms with Gasteiger partial charge in [0.25, 0.3) is 0 Å². The first-order valence-corrected chi connectivity index (χ1v) is 8.92. The van der Waals surface area contributed by atoms with E-state index in [-0.39, 0.29) is 22.3 Å². The van der Waals surface area contributed by atoms with E-state index < -0.39 is 11.6 Å². The standard InChI is InChI=1S/C19H15F2N3O2S/c1-24-9-8-22-19(24)18(26)12-2-5-14(6-3-12)23-17(25)11-27-16-7-4-13(20)10-15(16)21/h2-10H,11H2,1H3,(H,23,25). The Balaban J connectivity index is 1.58. The number of carbonyl (C=O) groups excluding carboxylic acids is 2. The van der Waals surface area contributed by atoms with E-state index in [0.717, 1.165) is 23.9 Å². The largest absolute Gasteiger partial charge is 0.331 e. The van der Waals surface area contributed by atoms with Crippen molar-refractivity contribution in [3.8, 4) is 0 Å². The molecule has 0 radical (unpaired) electrons. The first-order chi connectivity index (χ1) is 12.9. The highest BCUT2D eigenvalue weighted by Crippen LogP contribution is 2.22. The lowest BCUT2D eigenvalue weighted by Crippen LogP contribution is -2.14. The van der Waals surface area contributed by atoms with Crippen LogP contribution in [0.2, 0.25) is 0 Å². The fraction of sp³-hybridized carbons (Fsp3) is 0.105. The monoisotopic (exact) mass is 387 g/mol. The van der Waals surface area contributed by atoms with E-state index >= 15 is 0 Å². The molecule has 8 heteroatoms. The second kappa shape index (κ2) is 8.13. The Kier molecular flexibility index (Phi) is 5.66. The van der Waals surface area contributed by atoms with Crippen molar-refractivity contribution in [2.24, 2.45) is 7.05 Å². The van der Waals surface area contributed by atoms with Crippen molar-refractivity contribution in [3.63, 3.8) is 0 Å². The van der Waals surface area contributed by atoms with Crippen LogP contribution in [0.5, 0.6) is 0 Å². The fourth-order valence-electron chi connectivity index (χ4n) is 2.35. The van der Waals surface area contributed by atoms with Gasteiger partial charge in [-0.3, -0.25) is 9.59 Å². The molecule has 3 aromatic rings. The molecule has 0 fully saturated rings. The highest BCUT2D eigenvalue weighted by atomic mass is 32.2. The van der Waals surface area contributed by atoms with Crippen molar-refractivity contribution in [2.45, 2.75) is 4.90 Å². The van der Waals surface area contributed by atoms with Crippen LogP contribution in [0.4, 0.5) is 14.5 Å². The molecule has 2 aromatic carbocycles. The second-order valence-electron chi connectivity index (χ2n) is 5.68. The number of anilines is 1. The first kappa shape index (κ1) is 18.8. The van der Waals surface area contributed by atoms with E-state index in [1.165, 1.54) is 6.07 Å². The Morgan fingerprint density at radius 1 is 1.15 bits per heavy atom. The van der Waals surface area contributed by atoms with Crippen molar-refractivity contribution in [1.29, 1.82) is 0 Å². The highest BCUT2D eigenvalue weighted by Gasteiger charge is 2.14. The van der Waals surface area contributed by atoms with Crippen LogP contribution in [-0.2, 0) is 11.8 Å². The number of hydrogen-bond donors (Lipinski definition) is 1. The summed E-state index contributed by atoms with van der Waals surface area (Å²) < 4.78 is 28.1. The first-order valence-electron chi connectivity index (χ1n) is 7.94. The van der Waals surface area contributed by atoms with Crippen LogP contribution in [-0.4, -0.2) is 27.0 Å². The van der Waals surface area contributed by atoms with Crippen molar-refractivity contribution in [1.82, 2.24) is 9.55 Å². The molecule has 0 aliphatic carbocycles. The van der Waals surface area contributed by atoms with E-state index in [9.17, 15) is 18.4 Å². The number of rotatable bonds is 6. The minimum Gasteiger partial charge on any atom is -0.331 e. The lowest BCUT2D eigenvalue weighted by Gasteiger charge is -2.07. The summed E-state index contributed by atoms with van der Waals surface area (Å²) in [5.41, 5.74) is 0.960. The van der Waals surface area contributed by atoms with Crippen LogP contribution in [0.25, 0.3) is 0 Å². The Morgan fingerprint density at radius 3 is 2.52 bits per heavy atom. The van der Waals surface area contributed by atoms with E-state index in [4.69, 9.17) is 0 Å². The Morgan fingerprint density at radius 2 is 1.89 bits per heavy atom. The topological polar surface area (TPSA) is 64.0 Å². The average Bonchev–Trinajstić information content (AvgIpc) is 3.07. The van der Waals surface area contributed by atoms with Crippen molar-refractivity contribution in [3.05, 3.63) is 77.9 Å². The Bertz CT molecular complexity index is 987. The zero-order valence-corrected chi connectivity index (χ0v) is 15.1. The summed E-state index contributed by atoms with van der Waals surface area (Å²) >= 11 is 0.972. The van der Waals surface area contributed by atoms with Crippen LogP contribution in [0.3, 0.4) is 0 Å². The molecule has 0 atom stereocenters. The van der Waals surface area contributed by atoms with Crippen LogP contribution in [0.1, 0.15) is 16.2 Å². The molecule has 138 valence electrons. The van der Waals surface area contributed by atoms with Gasteiger partial charge in [0, 0.05) is 41.7 Å². The lowest BCUT2D eigenvalue weighted by atomic mass is 10.1. The number of amides is 1. The minimum atomic E-state index is -0.704. The summed E-state index contributed by atoms with van der Waals surface area (Å²) in [5.74, 6) is -1.64. The third kappa shape index (κ3) is 4.59. The van der Waals surface area contributed by atoms with Gasteiger partial charge in [0.1, 0.15) is 11.6 Å². The predicted molar refractivity (Wildman–Crippen MR) is 98.8 cm³/mol. The molecular weight excluding hydrogens is 372 g/mol. The van der Waals surface area contributed by atoms with Gasteiger partial charge in [0.15, 0.2) is 5.82 Å². The van der Waals surface area contributed by atoms with E-state index in [0.29, 0.717) is 17.1 Å². The molecule has 1 heterocycles. The number of nitrogens with one attached hydrogen (secondary N) is 1. The summed E-state index contributed by atoms with van der Waals surface area (Å²) in [6, 6.07) is 9.62. The van der Waals surface area contributed by atoms with Gasteiger partial charge in [-0.15, -0.1) is 11.8 Å². The molecule has 0 aliphatic rings. The number of hydrogen-bond acceptors (Lipinski definition) is 4. The fourth-order valence-corrected chi connectivity index (χ4v) is 3.07. The van der Waals surface area contributed by atoms with Crippen molar-refractivity contribution >= 4 is 29.1 Å².